The normalized spacial score (nSPS) is 16.6. The van der Waals surface area contributed by atoms with Crippen molar-refractivity contribution in [2.45, 2.75) is 26.3 Å². The maximum absolute atomic E-state index is 5.67. The Morgan fingerprint density at radius 3 is 2.71 bits per heavy atom. The first-order valence-electron chi connectivity index (χ1n) is 6.46. The van der Waals surface area contributed by atoms with Crippen molar-refractivity contribution in [3.63, 3.8) is 0 Å². The maximum atomic E-state index is 5.67. The molecular formula is C15H21NO. The van der Waals surface area contributed by atoms with Gasteiger partial charge in [0.05, 0.1) is 12.4 Å². The Hall–Kier alpha value is -1.28. The van der Waals surface area contributed by atoms with E-state index in [1.807, 2.05) is 0 Å². The summed E-state index contributed by atoms with van der Waals surface area (Å²) in [5, 5.41) is 0. The van der Waals surface area contributed by atoms with Crippen molar-refractivity contribution in [2.75, 3.05) is 19.7 Å². The number of nitrogens with zero attached hydrogens (tertiary/aromatic N) is 1. The number of hydrogen-bond donors (Lipinski definition) is 0. The molecule has 2 heteroatoms. The van der Waals surface area contributed by atoms with Crippen LogP contribution in [0.5, 0.6) is 0 Å². The van der Waals surface area contributed by atoms with E-state index in [0.29, 0.717) is 0 Å². The van der Waals surface area contributed by atoms with Crippen LogP contribution in [-0.4, -0.2) is 24.6 Å². The van der Waals surface area contributed by atoms with Crippen LogP contribution in [0.4, 0.5) is 0 Å². The van der Waals surface area contributed by atoms with Crippen molar-refractivity contribution in [3.05, 3.63) is 47.7 Å². The average molecular weight is 231 g/mol. The molecule has 1 aliphatic heterocycles. The Balaban J connectivity index is 1.81. The maximum Gasteiger partial charge on any atom is 0.0945 e. The van der Waals surface area contributed by atoms with Crippen molar-refractivity contribution in [2.24, 2.45) is 0 Å². The summed E-state index contributed by atoms with van der Waals surface area (Å²) in [6.45, 7) is 6.15. The zero-order valence-electron chi connectivity index (χ0n) is 10.6. The molecule has 0 spiro atoms. The molecule has 0 bridgehead atoms. The molecular weight excluding hydrogens is 210 g/mol. The highest BCUT2D eigenvalue weighted by Gasteiger charge is 2.12. The van der Waals surface area contributed by atoms with E-state index in [4.69, 9.17) is 4.74 Å². The standard InChI is InChI=1S/C15H21NO/c1-2-12-17-15-8-10-16(11-9-15)13-14-6-4-3-5-7-14/h3-8H,2,9-13H2,1H3. The van der Waals surface area contributed by atoms with Gasteiger partial charge in [0, 0.05) is 26.1 Å². The van der Waals surface area contributed by atoms with Crippen molar-refractivity contribution in [3.8, 4) is 0 Å². The van der Waals surface area contributed by atoms with Gasteiger partial charge < -0.3 is 4.74 Å². The first-order chi connectivity index (χ1) is 8.38. The highest BCUT2D eigenvalue weighted by Crippen LogP contribution is 2.14. The average Bonchev–Trinajstić information content (AvgIpc) is 2.39. The van der Waals surface area contributed by atoms with Crippen LogP contribution >= 0.6 is 0 Å². The number of benzene rings is 1. The molecule has 2 nitrogen and oxygen atoms in total. The van der Waals surface area contributed by atoms with Crippen LogP contribution in [0.1, 0.15) is 25.3 Å². The molecule has 0 atom stereocenters. The SMILES string of the molecule is CCCOC1=CCN(Cc2ccccc2)CC1. The van der Waals surface area contributed by atoms with E-state index >= 15 is 0 Å². The molecule has 0 saturated heterocycles. The van der Waals surface area contributed by atoms with E-state index < -0.39 is 0 Å². The summed E-state index contributed by atoms with van der Waals surface area (Å²) in [7, 11) is 0. The highest BCUT2D eigenvalue weighted by molar-refractivity contribution is 5.15. The van der Waals surface area contributed by atoms with Crippen molar-refractivity contribution in [1.29, 1.82) is 0 Å². The fourth-order valence-corrected chi connectivity index (χ4v) is 2.04. The van der Waals surface area contributed by atoms with Gasteiger partial charge in [-0.25, -0.2) is 0 Å². The van der Waals surface area contributed by atoms with Crippen LogP contribution in [0, 0.1) is 0 Å². The van der Waals surface area contributed by atoms with Gasteiger partial charge in [-0.2, -0.15) is 0 Å². The van der Waals surface area contributed by atoms with Crippen LogP contribution in [0.2, 0.25) is 0 Å². The summed E-state index contributed by atoms with van der Waals surface area (Å²) in [6.07, 6.45) is 4.36. The van der Waals surface area contributed by atoms with Crippen molar-refractivity contribution in [1.82, 2.24) is 4.90 Å². The van der Waals surface area contributed by atoms with Gasteiger partial charge in [-0.15, -0.1) is 0 Å². The molecule has 1 aromatic rings. The molecule has 92 valence electrons. The van der Waals surface area contributed by atoms with E-state index in [9.17, 15) is 0 Å². The summed E-state index contributed by atoms with van der Waals surface area (Å²) < 4.78 is 5.67. The number of ether oxygens (including phenoxy) is 1. The number of hydrogen-bond acceptors (Lipinski definition) is 2. The molecule has 0 saturated carbocycles. The lowest BCUT2D eigenvalue weighted by atomic mass is 10.1. The minimum atomic E-state index is 0.852. The molecule has 17 heavy (non-hydrogen) atoms. The molecule has 0 aromatic heterocycles. The lowest BCUT2D eigenvalue weighted by Gasteiger charge is -2.26. The van der Waals surface area contributed by atoms with Gasteiger partial charge >= 0.3 is 0 Å². The largest absolute Gasteiger partial charge is 0.498 e. The Labute approximate surface area is 104 Å². The Kier molecular flexibility index (Phi) is 4.63. The predicted octanol–water partition coefficient (Wildman–Crippen LogP) is 3.20. The second kappa shape index (κ2) is 6.45. The van der Waals surface area contributed by atoms with Crippen LogP contribution in [0.15, 0.2) is 42.2 Å². The topological polar surface area (TPSA) is 12.5 Å². The summed E-state index contributed by atoms with van der Waals surface area (Å²) in [6, 6.07) is 10.6. The van der Waals surface area contributed by atoms with E-state index in [-0.39, 0.29) is 0 Å². The molecule has 1 heterocycles. The zero-order chi connectivity index (χ0) is 11.9. The molecule has 0 unspecified atom stereocenters. The summed E-state index contributed by atoms with van der Waals surface area (Å²) >= 11 is 0. The van der Waals surface area contributed by atoms with Crippen molar-refractivity contribution >= 4 is 0 Å². The van der Waals surface area contributed by atoms with E-state index in [1.165, 1.54) is 11.3 Å². The Bertz CT molecular complexity index is 358. The van der Waals surface area contributed by atoms with Gasteiger partial charge in [0.2, 0.25) is 0 Å². The van der Waals surface area contributed by atoms with E-state index in [2.05, 4.69) is 48.2 Å². The highest BCUT2D eigenvalue weighted by atomic mass is 16.5. The summed E-state index contributed by atoms with van der Waals surface area (Å²) in [5.41, 5.74) is 1.39. The molecule has 0 amide bonds. The third kappa shape index (κ3) is 3.90. The molecule has 0 fully saturated rings. The summed E-state index contributed by atoms with van der Waals surface area (Å²) in [5.74, 6) is 1.18. The zero-order valence-corrected chi connectivity index (χ0v) is 10.6. The van der Waals surface area contributed by atoms with Crippen LogP contribution < -0.4 is 0 Å². The minimum Gasteiger partial charge on any atom is -0.498 e. The molecule has 0 aliphatic carbocycles. The second-order valence-corrected chi connectivity index (χ2v) is 4.49. The summed E-state index contributed by atoms with van der Waals surface area (Å²) in [4.78, 5) is 2.45. The van der Waals surface area contributed by atoms with Gasteiger partial charge in [0.25, 0.3) is 0 Å². The lowest BCUT2D eigenvalue weighted by molar-refractivity contribution is 0.171. The van der Waals surface area contributed by atoms with Crippen LogP contribution in [-0.2, 0) is 11.3 Å². The first-order valence-corrected chi connectivity index (χ1v) is 6.46. The third-order valence-electron chi connectivity index (χ3n) is 2.99. The van der Waals surface area contributed by atoms with Gasteiger partial charge in [-0.05, 0) is 18.1 Å². The Morgan fingerprint density at radius 1 is 1.24 bits per heavy atom. The lowest BCUT2D eigenvalue weighted by Crippen LogP contribution is -2.28. The molecule has 2 rings (SSSR count). The van der Waals surface area contributed by atoms with Crippen molar-refractivity contribution < 1.29 is 4.74 Å². The van der Waals surface area contributed by atoms with Gasteiger partial charge in [-0.1, -0.05) is 37.3 Å². The fourth-order valence-electron chi connectivity index (χ4n) is 2.04. The van der Waals surface area contributed by atoms with E-state index in [1.54, 1.807) is 0 Å². The Morgan fingerprint density at radius 2 is 2.06 bits per heavy atom. The van der Waals surface area contributed by atoms with Crippen LogP contribution in [0.25, 0.3) is 0 Å². The van der Waals surface area contributed by atoms with Gasteiger partial charge in [-0.3, -0.25) is 4.90 Å². The minimum absolute atomic E-state index is 0.852. The second-order valence-electron chi connectivity index (χ2n) is 4.49. The van der Waals surface area contributed by atoms with Gasteiger partial charge in [0.15, 0.2) is 0 Å². The van der Waals surface area contributed by atoms with Crippen LogP contribution in [0.3, 0.4) is 0 Å². The first kappa shape index (κ1) is 12.2. The smallest absolute Gasteiger partial charge is 0.0945 e. The monoisotopic (exact) mass is 231 g/mol. The quantitative estimate of drug-likeness (QED) is 0.771. The molecule has 1 aliphatic rings. The third-order valence-corrected chi connectivity index (χ3v) is 2.99. The molecule has 0 radical (unpaired) electrons. The molecule has 1 aromatic carbocycles. The predicted molar refractivity (Wildman–Crippen MR) is 70.7 cm³/mol. The number of rotatable bonds is 5. The van der Waals surface area contributed by atoms with Gasteiger partial charge in [0.1, 0.15) is 0 Å². The fraction of sp³-hybridized carbons (Fsp3) is 0.467. The molecule has 0 N–H and O–H groups in total. The van der Waals surface area contributed by atoms with E-state index in [0.717, 1.165) is 39.1 Å².